The number of anilines is 1. The summed E-state index contributed by atoms with van der Waals surface area (Å²) in [5.74, 6) is 0.388. The van der Waals surface area contributed by atoms with Crippen LogP contribution in [0.4, 0.5) is 5.69 Å². The molecule has 3 aromatic rings. The molecule has 2 atom stereocenters. The van der Waals surface area contributed by atoms with Crippen LogP contribution < -0.4 is 10.9 Å². The average molecular weight is 456 g/mol. The lowest BCUT2D eigenvalue weighted by Crippen LogP contribution is -2.25. The molecule has 0 saturated carbocycles. The van der Waals surface area contributed by atoms with Crippen LogP contribution in [0.3, 0.4) is 0 Å². The molecule has 6 nitrogen and oxygen atoms in total. The fraction of sp³-hybridized carbons (Fsp3) is 0.391. The minimum Gasteiger partial charge on any atom is -0.325 e. The number of aryl methyl sites for hydroxylation is 1. The average Bonchev–Trinajstić information content (AvgIpc) is 3.09. The first-order chi connectivity index (χ1) is 14.9. The lowest BCUT2D eigenvalue weighted by molar-refractivity contribution is -0.115. The number of H-pyrrole nitrogens is 1. The predicted octanol–water partition coefficient (Wildman–Crippen LogP) is 4.82. The second-order valence-electron chi connectivity index (χ2n) is 8.04. The Morgan fingerprint density at radius 2 is 2.19 bits per heavy atom. The number of benzene rings is 1. The summed E-state index contributed by atoms with van der Waals surface area (Å²) in [4.78, 5) is 46.8. The van der Waals surface area contributed by atoms with Gasteiger partial charge in [0, 0.05) is 16.1 Å². The van der Waals surface area contributed by atoms with Crippen LogP contribution in [0.1, 0.15) is 54.4 Å². The van der Waals surface area contributed by atoms with Crippen molar-refractivity contribution >= 4 is 50.7 Å². The molecule has 162 valence electrons. The molecular weight excluding hydrogens is 430 g/mol. The van der Waals surface area contributed by atoms with Crippen LogP contribution in [0.5, 0.6) is 0 Å². The molecule has 2 N–H and O–H groups in total. The Morgan fingerprint density at radius 3 is 2.94 bits per heavy atom. The largest absolute Gasteiger partial charge is 0.325 e. The number of hydrogen-bond donors (Lipinski definition) is 2. The van der Waals surface area contributed by atoms with Crippen LogP contribution in [0.15, 0.2) is 34.2 Å². The molecule has 0 spiro atoms. The van der Waals surface area contributed by atoms with Crippen molar-refractivity contribution in [1.29, 1.82) is 0 Å². The Kier molecular flexibility index (Phi) is 6.29. The van der Waals surface area contributed by atoms with E-state index in [1.165, 1.54) is 23.6 Å². The molecule has 0 radical (unpaired) electrons. The Balaban J connectivity index is 1.55. The lowest BCUT2D eigenvalue weighted by atomic mass is 9.89. The van der Waals surface area contributed by atoms with Gasteiger partial charge in [-0.15, -0.1) is 11.3 Å². The van der Waals surface area contributed by atoms with Crippen molar-refractivity contribution < 1.29 is 9.59 Å². The van der Waals surface area contributed by atoms with E-state index in [2.05, 4.69) is 22.2 Å². The zero-order valence-corrected chi connectivity index (χ0v) is 19.4. The summed E-state index contributed by atoms with van der Waals surface area (Å²) in [6, 6.07) is 6.88. The van der Waals surface area contributed by atoms with Crippen molar-refractivity contribution in [3.8, 4) is 0 Å². The monoisotopic (exact) mass is 455 g/mol. The number of ketones is 1. The Hall–Kier alpha value is -2.45. The smallest absolute Gasteiger partial charge is 0.260 e. The fourth-order valence-corrected chi connectivity index (χ4v) is 6.22. The highest BCUT2D eigenvalue weighted by Crippen LogP contribution is 2.36. The highest BCUT2D eigenvalue weighted by Gasteiger charge is 2.25. The first-order valence-corrected chi connectivity index (χ1v) is 12.2. The molecule has 0 aliphatic heterocycles. The van der Waals surface area contributed by atoms with Gasteiger partial charge in [0.05, 0.1) is 10.6 Å². The topological polar surface area (TPSA) is 91.9 Å². The maximum absolute atomic E-state index is 12.8. The number of carbonyl (C=O) groups excluding carboxylic acids is 2. The van der Waals surface area contributed by atoms with E-state index in [-0.39, 0.29) is 17.2 Å². The van der Waals surface area contributed by atoms with Crippen LogP contribution in [-0.4, -0.2) is 26.9 Å². The molecule has 2 aromatic heterocycles. The molecule has 1 aromatic carbocycles. The molecule has 1 amide bonds. The standard InChI is InChI=1S/C23H25N3O3S2/c1-4-17(20(28)24-15-7-5-6-14(11-15)13(3)27)31-23-25-21(29)19-16-9-8-12(2)10-18(16)30-22(19)26-23/h5-7,11-12,17H,4,8-10H2,1-3H3,(H,24,28)(H,25,26,29). The van der Waals surface area contributed by atoms with E-state index >= 15 is 0 Å². The van der Waals surface area contributed by atoms with Crippen LogP contribution in [-0.2, 0) is 17.6 Å². The number of aromatic amines is 1. The summed E-state index contributed by atoms with van der Waals surface area (Å²) in [7, 11) is 0. The molecule has 0 saturated heterocycles. The quantitative estimate of drug-likeness (QED) is 0.316. The number of thioether (sulfide) groups is 1. The van der Waals surface area contributed by atoms with Gasteiger partial charge in [-0.3, -0.25) is 14.4 Å². The zero-order chi connectivity index (χ0) is 22.1. The highest BCUT2D eigenvalue weighted by atomic mass is 32.2. The van der Waals surface area contributed by atoms with Gasteiger partial charge in [0.2, 0.25) is 5.91 Å². The second-order valence-corrected chi connectivity index (χ2v) is 10.3. The van der Waals surface area contributed by atoms with Gasteiger partial charge in [0.25, 0.3) is 5.56 Å². The van der Waals surface area contributed by atoms with Crippen LogP contribution >= 0.6 is 23.1 Å². The number of fused-ring (bicyclic) bond motifs is 3. The Labute approximate surface area is 188 Å². The lowest BCUT2D eigenvalue weighted by Gasteiger charge is -2.17. The summed E-state index contributed by atoms with van der Waals surface area (Å²) in [5, 5.41) is 3.63. The first kappa shape index (κ1) is 21.8. The number of Topliss-reactive ketones (excluding diaryl/α,β-unsaturated/α-hetero) is 1. The van der Waals surface area contributed by atoms with Gasteiger partial charge < -0.3 is 10.3 Å². The molecule has 1 aliphatic rings. The minimum absolute atomic E-state index is 0.0550. The molecular formula is C23H25N3O3S2. The third kappa shape index (κ3) is 4.60. The molecule has 0 bridgehead atoms. The Morgan fingerprint density at radius 1 is 1.39 bits per heavy atom. The van der Waals surface area contributed by atoms with Gasteiger partial charge in [0.15, 0.2) is 10.9 Å². The van der Waals surface area contributed by atoms with Gasteiger partial charge in [0.1, 0.15) is 4.83 Å². The van der Waals surface area contributed by atoms with E-state index in [1.807, 2.05) is 6.92 Å². The molecule has 1 aliphatic carbocycles. The van der Waals surface area contributed by atoms with E-state index in [4.69, 9.17) is 0 Å². The fourth-order valence-electron chi connectivity index (χ4n) is 3.88. The van der Waals surface area contributed by atoms with Crippen molar-refractivity contribution in [2.45, 2.75) is 56.9 Å². The van der Waals surface area contributed by atoms with E-state index in [0.717, 1.165) is 35.0 Å². The van der Waals surface area contributed by atoms with Crippen molar-refractivity contribution in [1.82, 2.24) is 9.97 Å². The molecule has 8 heteroatoms. The van der Waals surface area contributed by atoms with Gasteiger partial charge in [-0.1, -0.05) is 37.7 Å². The normalized spacial score (nSPS) is 16.7. The molecule has 31 heavy (non-hydrogen) atoms. The highest BCUT2D eigenvalue weighted by molar-refractivity contribution is 8.00. The number of carbonyl (C=O) groups is 2. The van der Waals surface area contributed by atoms with Crippen molar-refractivity contribution in [3.05, 3.63) is 50.6 Å². The van der Waals surface area contributed by atoms with Crippen molar-refractivity contribution in [2.75, 3.05) is 5.32 Å². The number of thiophene rings is 1. The van der Waals surface area contributed by atoms with Gasteiger partial charge in [-0.05, 0) is 56.2 Å². The molecule has 2 heterocycles. The van der Waals surface area contributed by atoms with Gasteiger partial charge in [-0.25, -0.2) is 4.98 Å². The van der Waals surface area contributed by atoms with E-state index in [0.29, 0.717) is 28.7 Å². The summed E-state index contributed by atoms with van der Waals surface area (Å²) in [5.41, 5.74) is 2.15. The maximum atomic E-state index is 12.8. The maximum Gasteiger partial charge on any atom is 0.260 e. The minimum atomic E-state index is -0.420. The van der Waals surface area contributed by atoms with Crippen LogP contribution in [0.25, 0.3) is 10.2 Å². The first-order valence-electron chi connectivity index (χ1n) is 10.5. The SMILES string of the molecule is CCC(Sc1nc2sc3c(c2c(=O)[nH]1)CCC(C)C3)C(=O)Nc1cccc(C(C)=O)c1. The number of nitrogens with one attached hydrogen (secondary N) is 2. The third-order valence-electron chi connectivity index (χ3n) is 5.60. The van der Waals surface area contributed by atoms with Crippen molar-refractivity contribution in [2.24, 2.45) is 5.92 Å². The van der Waals surface area contributed by atoms with Crippen LogP contribution in [0, 0.1) is 5.92 Å². The summed E-state index contributed by atoms with van der Waals surface area (Å²) >= 11 is 2.87. The number of nitrogens with zero attached hydrogens (tertiary/aromatic N) is 1. The summed E-state index contributed by atoms with van der Waals surface area (Å²) < 4.78 is 0. The second kappa shape index (κ2) is 8.96. The van der Waals surface area contributed by atoms with Gasteiger partial charge >= 0.3 is 0 Å². The van der Waals surface area contributed by atoms with E-state index in [1.54, 1.807) is 35.6 Å². The van der Waals surface area contributed by atoms with E-state index in [9.17, 15) is 14.4 Å². The Bertz CT molecular complexity index is 1210. The number of aromatic nitrogens is 2. The number of amides is 1. The third-order valence-corrected chi connectivity index (χ3v) is 7.99. The molecule has 0 fully saturated rings. The molecule has 2 unspecified atom stereocenters. The molecule has 4 rings (SSSR count). The van der Waals surface area contributed by atoms with E-state index < -0.39 is 5.25 Å². The summed E-state index contributed by atoms with van der Waals surface area (Å²) in [6.45, 7) is 5.65. The zero-order valence-electron chi connectivity index (χ0n) is 17.8. The summed E-state index contributed by atoms with van der Waals surface area (Å²) in [6.07, 6.45) is 3.59. The van der Waals surface area contributed by atoms with Crippen LogP contribution in [0.2, 0.25) is 0 Å². The predicted molar refractivity (Wildman–Crippen MR) is 126 cm³/mol. The van der Waals surface area contributed by atoms with Gasteiger partial charge in [-0.2, -0.15) is 0 Å². The number of rotatable bonds is 6. The van der Waals surface area contributed by atoms with Crippen molar-refractivity contribution in [3.63, 3.8) is 0 Å². The number of hydrogen-bond acceptors (Lipinski definition) is 6.